The molecule has 1 aliphatic rings. The van der Waals surface area contributed by atoms with Crippen LogP contribution in [0.3, 0.4) is 0 Å². The van der Waals surface area contributed by atoms with Gasteiger partial charge >= 0.3 is 5.97 Å². The molecular formula is C31H38N2O6. The third-order valence-corrected chi connectivity index (χ3v) is 6.66. The highest BCUT2D eigenvalue weighted by Crippen LogP contribution is 2.24. The lowest BCUT2D eigenvalue weighted by Crippen LogP contribution is -2.39. The Labute approximate surface area is 232 Å². The second-order valence-electron chi connectivity index (χ2n) is 9.50. The van der Waals surface area contributed by atoms with Crippen LogP contribution in [-0.2, 0) is 16.1 Å². The van der Waals surface area contributed by atoms with Crippen molar-refractivity contribution in [2.45, 2.75) is 38.6 Å². The molecule has 0 unspecified atom stereocenters. The van der Waals surface area contributed by atoms with Gasteiger partial charge in [-0.25, -0.2) is 0 Å². The molecule has 1 amide bonds. The Balaban J connectivity index is 1.50. The molecule has 0 atom stereocenters. The molecule has 4 rings (SSSR count). The molecule has 1 N–H and O–H groups in total. The van der Waals surface area contributed by atoms with Crippen molar-refractivity contribution in [1.82, 2.24) is 9.80 Å². The maximum atomic E-state index is 13.9. The van der Waals surface area contributed by atoms with Crippen molar-refractivity contribution in [2.24, 2.45) is 0 Å². The van der Waals surface area contributed by atoms with E-state index in [-0.39, 0.29) is 19.4 Å². The van der Waals surface area contributed by atoms with Crippen LogP contribution in [0.1, 0.15) is 50.8 Å². The molecule has 1 aliphatic heterocycles. The minimum absolute atomic E-state index is 0.0353. The van der Waals surface area contributed by atoms with Crippen LogP contribution in [0.25, 0.3) is 11.1 Å². The van der Waals surface area contributed by atoms with Crippen LogP contribution in [0.2, 0.25) is 0 Å². The van der Waals surface area contributed by atoms with Crippen molar-refractivity contribution >= 4 is 11.9 Å². The van der Waals surface area contributed by atoms with Gasteiger partial charge in [-0.2, -0.15) is 0 Å². The second kappa shape index (κ2) is 15.1. The fourth-order valence-electron chi connectivity index (χ4n) is 4.44. The van der Waals surface area contributed by atoms with Crippen LogP contribution in [0, 0.1) is 0 Å². The van der Waals surface area contributed by atoms with Gasteiger partial charge in [0, 0.05) is 58.5 Å². The zero-order chi connectivity index (χ0) is 29.1. The molecule has 2 aromatic carbocycles. The molecule has 0 aliphatic carbocycles. The van der Waals surface area contributed by atoms with Crippen LogP contribution in [0.5, 0.6) is 5.75 Å². The van der Waals surface area contributed by atoms with Gasteiger partial charge in [0.25, 0.3) is 5.91 Å². The van der Waals surface area contributed by atoms with Gasteiger partial charge in [0.1, 0.15) is 5.75 Å². The zero-order valence-electron chi connectivity index (χ0n) is 24.2. The number of morpholine rings is 1. The number of carbonyl (C=O) groups excluding carboxylic acids is 1. The molecule has 1 saturated heterocycles. The van der Waals surface area contributed by atoms with Crippen LogP contribution in [0.4, 0.5) is 0 Å². The lowest BCUT2D eigenvalue weighted by atomic mass is 10.1. The van der Waals surface area contributed by atoms with E-state index >= 15 is 0 Å². The summed E-state index contributed by atoms with van der Waals surface area (Å²) in [6, 6.07) is 16.3. The molecule has 0 bridgehead atoms. The van der Waals surface area contributed by atoms with E-state index in [9.17, 15) is 9.59 Å². The van der Waals surface area contributed by atoms with Crippen molar-refractivity contribution < 1.29 is 31.3 Å². The fraction of sp³-hybridized carbons (Fsp3) is 0.419. The molecular weight excluding hydrogens is 496 g/mol. The number of hydrogen-bond acceptors (Lipinski definition) is 6. The number of ether oxygens (including phenoxy) is 2. The Kier molecular flexibility index (Phi) is 9.93. The van der Waals surface area contributed by atoms with Crippen LogP contribution in [-0.4, -0.2) is 72.7 Å². The monoisotopic (exact) mass is 536 g/mol. The third-order valence-electron chi connectivity index (χ3n) is 6.66. The minimum atomic E-state index is -1.93. The van der Waals surface area contributed by atoms with Crippen molar-refractivity contribution in [3.05, 3.63) is 78.3 Å². The number of rotatable bonds is 15. The molecule has 3 aromatic rings. The van der Waals surface area contributed by atoms with Gasteiger partial charge in [-0.3, -0.25) is 14.5 Å². The lowest BCUT2D eigenvalue weighted by molar-refractivity contribution is -0.137. The van der Waals surface area contributed by atoms with Crippen molar-refractivity contribution in [1.29, 1.82) is 0 Å². The normalized spacial score (nSPS) is 14.9. The number of amides is 1. The van der Waals surface area contributed by atoms with E-state index in [1.54, 1.807) is 24.7 Å². The molecule has 2 heterocycles. The molecule has 0 saturated carbocycles. The molecule has 8 heteroatoms. The van der Waals surface area contributed by atoms with Gasteiger partial charge in [-0.1, -0.05) is 30.3 Å². The van der Waals surface area contributed by atoms with Gasteiger partial charge in [0.2, 0.25) is 0 Å². The second-order valence-corrected chi connectivity index (χ2v) is 9.50. The number of carbonyl (C=O) groups is 2. The molecule has 39 heavy (non-hydrogen) atoms. The smallest absolute Gasteiger partial charge is 0.303 e. The molecule has 0 spiro atoms. The predicted octanol–water partition coefficient (Wildman–Crippen LogP) is 5.34. The van der Waals surface area contributed by atoms with Crippen molar-refractivity contribution in [3.8, 4) is 16.9 Å². The highest BCUT2D eigenvalue weighted by molar-refractivity contribution is 5.94. The van der Waals surface area contributed by atoms with Crippen LogP contribution >= 0.6 is 0 Å². The van der Waals surface area contributed by atoms with Crippen LogP contribution < -0.4 is 4.74 Å². The number of carboxylic acids is 1. The summed E-state index contributed by atoms with van der Waals surface area (Å²) in [5, 5.41) is 8.82. The third kappa shape index (κ3) is 8.97. The number of carboxylic acid groups (broad SMARTS) is 1. The van der Waals surface area contributed by atoms with E-state index in [0.29, 0.717) is 56.1 Å². The number of hydrogen-bond donors (Lipinski definition) is 1. The van der Waals surface area contributed by atoms with Gasteiger partial charge < -0.3 is 23.9 Å². The summed E-state index contributed by atoms with van der Waals surface area (Å²) in [4.78, 5) is 28.1. The molecule has 1 aromatic heterocycles. The number of aliphatic carboxylic acids is 1. The highest BCUT2D eigenvalue weighted by Gasteiger charge is 2.19. The first-order chi connectivity index (χ1) is 19.8. The SMILES string of the molecule is [2H]C([2H])(CCN1CCOCC1)N(Cc1ccccc1OCCCCCC(=O)O)C(=O)c1ccc(-c2ccoc2)cc1. The molecule has 0 radical (unpaired) electrons. The van der Waals surface area contributed by atoms with Gasteiger partial charge in [-0.05, 0) is 55.5 Å². The average Bonchev–Trinajstić information content (AvgIpc) is 3.53. The average molecular weight is 537 g/mol. The summed E-state index contributed by atoms with van der Waals surface area (Å²) in [6.07, 6.45) is 5.54. The molecule has 8 nitrogen and oxygen atoms in total. The summed E-state index contributed by atoms with van der Waals surface area (Å²) < 4.78 is 34.6. The van der Waals surface area contributed by atoms with Crippen molar-refractivity contribution in [2.75, 3.05) is 46.0 Å². The van der Waals surface area contributed by atoms with E-state index in [1.165, 1.54) is 4.90 Å². The van der Waals surface area contributed by atoms with Gasteiger partial charge in [0.05, 0.1) is 32.3 Å². The number of benzene rings is 2. The topological polar surface area (TPSA) is 92.5 Å². The van der Waals surface area contributed by atoms with E-state index < -0.39 is 18.4 Å². The Hall–Kier alpha value is -3.62. The fourth-order valence-corrected chi connectivity index (χ4v) is 4.44. The maximum Gasteiger partial charge on any atom is 0.303 e. The zero-order valence-corrected chi connectivity index (χ0v) is 22.2. The number of unbranched alkanes of at least 4 members (excludes halogenated alkanes) is 2. The first kappa shape index (κ1) is 25.6. The predicted molar refractivity (Wildman–Crippen MR) is 149 cm³/mol. The standard InChI is InChI=1S/C31H38N2O6/c34-30(35)9-2-1-5-19-39-29-8-4-3-7-27(29)23-33(16-6-15-32-17-21-37-22-18-32)31(36)26-12-10-25(11-13-26)28-14-20-38-24-28/h3-4,7-8,10-14,20,24H,1-2,5-6,9,15-19,21-23H2,(H,34,35)/i16D2. The van der Waals surface area contributed by atoms with E-state index in [2.05, 4.69) is 4.90 Å². The lowest BCUT2D eigenvalue weighted by Gasteiger charge is -2.29. The van der Waals surface area contributed by atoms with E-state index in [0.717, 1.165) is 30.6 Å². The Morgan fingerprint density at radius 2 is 1.77 bits per heavy atom. The number of para-hydroxylation sites is 1. The van der Waals surface area contributed by atoms with Gasteiger partial charge in [-0.15, -0.1) is 0 Å². The summed E-state index contributed by atoms with van der Waals surface area (Å²) in [5.74, 6) is -0.623. The van der Waals surface area contributed by atoms with E-state index in [1.807, 2.05) is 42.5 Å². The summed E-state index contributed by atoms with van der Waals surface area (Å²) in [5.41, 5.74) is 2.90. The summed E-state index contributed by atoms with van der Waals surface area (Å²) in [6.45, 7) is 1.74. The summed E-state index contributed by atoms with van der Waals surface area (Å²) in [7, 11) is 0. The highest BCUT2D eigenvalue weighted by atomic mass is 16.5. The number of nitrogens with zero attached hydrogens (tertiary/aromatic N) is 2. The first-order valence-corrected chi connectivity index (χ1v) is 13.5. The van der Waals surface area contributed by atoms with Crippen molar-refractivity contribution in [3.63, 3.8) is 0 Å². The molecule has 208 valence electrons. The number of furan rings is 1. The Bertz CT molecular complexity index is 1240. The minimum Gasteiger partial charge on any atom is -0.493 e. The van der Waals surface area contributed by atoms with E-state index in [4.69, 9.17) is 21.7 Å². The van der Waals surface area contributed by atoms with Gasteiger partial charge in [0.15, 0.2) is 0 Å². The first-order valence-electron chi connectivity index (χ1n) is 14.5. The maximum absolute atomic E-state index is 13.9. The molecule has 1 fully saturated rings. The van der Waals surface area contributed by atoms with Crippen LogP contribution in [0.15, 0.2) is 71.5 Å². The Morgan fingerprint density at radius 3 is 2.51 bits per heavy atom. The Morgan fingerprint density at radius 1 is 0.974 bits per heavy atom. The summed E-state index contributed by atoms with van der Waals surface area (Å²) >= 11 is 0. The quantitative estimate of drug-likeness (QED) is 0.262. The largest absolute Gasteiger partial charge is 0.493 e.